The summed E-state index contributed by atoms with van der Waals surface area (Å²) in [4.78, 5) is 11.9. The number of rotatable bonds is 3. The van der Waals surface area contributed by atoms with E-state index < -0.39 is 11.3 Å². The fraction of sp³-hybridized carbons (Fsp3) is 0.824. The molecule has 0 radical (unpaired) electrons. The summed E-state index contributed by atoms with van der Waals surface area (Å²) in [6, 6.07) is 0. The van der Waals surface area contributed by atoms with Gasteiger partial charge in [-0.2, -0.15) is 0 Å². The molecule has 112 valence electrons. The maximum atomic E-state index is 15.0. The highest BCUT2D eigenvalue weighted by atomic mass is 19.1. The molecule has 4 aliphatic rings. The van der Waals surface area contributed by atoms with E-state index >= 15 is 0 Å². The van der Waals surface area contributed by atoms with Crippen molar-refractivity contribution in [3.05, 3.63) is 12.2 Å². The van der Waals surface area contributed by atoms with Crippen molar-refractivity contribution in [1.82, 2.24) is 0 Å². The molecule has 0 aromatic carbocycles. The number of esters is 1. The van der Waals surface area contributed by atoms with Crippen LogP contribution in [-0.4, -0.2) is 17.2 Å². The lowest BCUT2D eigenvalue weighted by Crippen LogP contribution is -2.61. The van der Waals surface area contributed by atoms with Crippen LogP contribution in [0.4, 0.5) is 4.39 Å². The van der Waals surface area contributed by atoms with E-state index in [9.17, 15) is 9.18 Å². The Bertz CT molecular complexity index is 452. The maximum Gasteiger partial charge on any atom is 0.333 e. The molecular formula is C17H25FO2. The average Bonchev–Trinajstić information content (AvgIpc) is 2.24. The summed E-state index contributed by atoms with van der Waals surface area (Å²) in [7, 11) is 0. The first-order valence-electron chi connectivity index (χ1n) is 7.73. The highest BCUT2D eigenvalue weighted by molar-refractivity contribution is 5.87. The Hall–Kier alpha value is -0.860. The minimum absolute atomic E-state index is 0.184. The average molecular weight is 280 g/mol. The molecule has 0 heterocycles. The van der Waals surface area contributed by atoms with Crippen LogP contribution in [0, 0.1) is 17.3 Å². The summed E-state index contributed by atoms with van der Waals surface area (Å²) in [6.45, 7) is 9.24. The lowest BCUT2D eigenvalue weighted by molar-refractivity contribution is -0.214. The van der Waals surface area contributed by atoms with Gasteiger partial charge in [-0.25, -0.2) is 9.18 Å². The Balaban J connectivity index is 1.88. The van der Waals surface area contributed by atoms with E-state index in [1.54, 1.807) is 6.92 Å². The molecule has 4 fully saturated rings. The van der Waals surface area contributed by atoms with Gasteiger partial charge in [0.1, 0.15) is 11.3 Å². The van der Waals surface area contributed by atoms with Crippen molar-refractivity contribution < 1.29 is 13.9 Å². The predicted molar refractivity (Wildman–Crippen MR) is 75.9 cm³/mol. The molecule has 0 aromatic heterocycles. The van der Waals surface area contributed by atoms with E-state index in [-0.39, 0.29) is 11.4 Å². The molecular weight excluding hydrogens is 255 g/mol. The summed E-state index contributed by atoms with van der Waals surface area (Å²) in [5.74, 6) is 0.603. The Labute approximate surface area is 120 Å². The van der Waals surface area contributed by atoms with Crippen LogP contribution in [0.15, 0.2) is 12.2 Å². The molecule has 0 aromatic rings. The summed E-state index contributed by atoms with van der Waals surface area (Å²) < 4.78 is 20.7. The third kappa shape index (κ3) is 2.01. The van der Waals surface area contributed by atoms with Crippen LogP contribution in [-0.2, 0) is 9.53 Å². The third-order valence-electron chi connectivity index (χ3n) is 5.96. The minimum atomic E-state index is -1.02. The third-order valence-corrected chi connectivity index (χ3v) is 5.96. The molecule has 0 N–H and O–H groups in total. The van der Waals surface area contributed by atoms with Crippen LogP contribution in [0.2, 0.25) is 0 Å². The van der Waals surface area contributed by atoms with Gasteiger partial charge in [0.15, 0.2) is 0 Å². The summed E-state index contributed by atoms with van der Waals surface area (Å²) in [5, 5.41) is 0. The Morgan fingerprint density at radius 2 is 1.80 bits per heavy atom. The fourth-order valence-electron chi connectivity index (χ4n) is 5.28. The van der Waals surface area contributed by atoms with Gasteiger partial charge in [-0.3, -0.25) is 0 Å². The number of carbonyl (C=O) groups is 1. The fourth-order valence-corrected chi connectivity index (χ4v) is 5.28. The Morgan fingerprint density at radius 3 is 2.25 bits per heavy atom. The summed E-state index contributed by atoms with van der Waals surface area (Å²) >= 11 is 0. The highest BCUT2D eigenvalue weighted by Crippen LogP contribution is 2.66. The van der Waals surface area contributed by atoms with E-state index in [0.717, 1.165) is 32.1 Å². The van der Waals surface area contributed by atoms with Crippen LogP contribution in [0.5, 0.6) is 0 Å². The number of hydrogen-bond donors (Lipinski definition) is 0. The number of hydrogen-bond acceptors (Lipinski definition) is 2. The van der Waals surface area contributed by atoms with Gasteiger partial charge in [0.05, 0.1) is 0 Å². The van der Waals surface area contributed by atoms with Gasteiger partial charge in [0.25, 0.3) is 0 Å². The smallest absolute Gasteiger partial charge is 0.333 e. The van der Waals surface area contributed by atoms with Crippen LogP contribution in [0.25, 0.3) is 0 Å². The first-order valence-corrected chi connectivity index (χ1v) is 7.73. The molecule has 3 heteroatoms. The summed E-state index contributed by atoms with van der Waals surface area (Å²) in [5.41, 5.74) is -1.40. The van der Waals surface area contributed by atoms with Crippen LogP contribution >= 0.6 is 0 Å². The van der Waals surface area contributed by atoms with Gasteiger partial charge < -0.3 is 4.74 Å². The monoisotopic (exact) mass is 280 g/mol. The number of carbonyl (C=O) groups excluding carboxylic acids is 1. The van der Waals surface area contributed by atoms with Crippen molar-refractivity contribution in [2.24, 2.45) is 17.3 Å². The normalized spacial score (nSPS) is 42.6. The molecule has 2 nitrogen and oxygen atoms in total. The van der Waals surface area contributed by atoms with Gasteiger partial charge in [-0.05, 0) is 71.1 Å². The van der Waals surface area contributed by atoms with Gasteiger partial charge in [0.2, 0.25) is 0 Å². The van der Waals surface area contributed by atoms with Crippen molar-refractivity contribution in [2.75, 3.05) is 0 Å². The zero-order valence-corrected chi connectivity index (χ0v) is 12.8. The molecule has 2 unspecified atom stereocenters. The number of ether oxygens (including phenoxy) is 1. The zero-order chi connectivity index (χ0) is 14.8. The van der Waals surface area contributed by atoms with E-state index in [0.29, 0.717) is 23.8 Å². The zero-order valence-electron chi connectivity index (χ0n) is 12.8. The number of alkyl halides is 1. The minimum Gasteiger partial charge on any atom is -0.456 e. The standard InChI is InChI=1S/C17H25FO2/c1-11(2)14(19)20-15(3,4)16-6-12-5-13(7-16)9-17(18,8-12)10-16/h12-13H,1,5-10H2,2-4H3. The van der Waals surface area contributed by atoms with Crippen molar-refractivity contribution in [1.29, 1.82) is 0 Å². The van der Waals surface area contributed by atoms with Crippen LogP contribution in [0.3, 0.4) is 0 Å². The molecule has 2 atom stereocenters. The SMILES string of the molecule is C=C(C)C(=O)OC(C)(C)C12CC3CC(CC(F)(C3)C1)C2. The molecule has 0 saturated heterocycles. The van der Waals surface area contributed by atoms with E-state index in [1.807, 2.05) is 13.8 Å². The second kappa shape index (κ2) is 4.08. The lowest BCUT2D eigenvalue weighted by Gasteiger charge is -2.63. The van der Waals surface area contributed by atoms with E-state index in [2.05, 4.69) is 6.58 Å². The van der Waals surface area contributed by atoms with Crippen LogP contribution in [0.1, 0.15) is 59.3 Å². The molecule has 0 amide bonds. The topological polar surface area (TPSA) is 26.3 Å². The van der Waals surface area contributed by atoms with Crippen LogP contribution < -0.4 is 0 Å². The second-order valence-electron chi connectivity index (χ2n) is 8.07. The Morgan fingerprint density at radius 1 is 1.25 bits per heavy atom. The van der Waals surface area contributed by atoms with Gasteiger partial charge >= 0.3 is 5.97 Å². The molecule has 0 spiro atoms. The first-order chi connectivity index (χ1) is 9.15. The molecule has 20 heavy (non-hydrogen) atoms. The first kappa shape index (κ1) is 14.1. The van der Waals surface area contributed by atoms with Gasteiger partial charge in [0, 0.05) is 11.0 Å². The molecule has 4 aliphatic carbocycles. The molecule has 0 aliphatic heterocycles. The van der Waals surface area contributed by atoms with Gasteiger partial charge in [-0.15, -0.1) is 0 Å². The van der Waals surface area contributed by atoms with Gasteiger partial charge in [-0.1, -0.05) is 6.58 Å². The van der Waals surface area contributed by atoms with E-state index in [1.165, 1.54) is 0 Å². The molecule has 4 saturated carbocycles. The largest absolute Gasteiger partial charge is 0.456 e. The quantitative estimate of drug-likeness (QED) is 0.572. The van der Waals surface area contributed by atoms with Crippen molar-refractivity contribution in [3.63, 3.8) is 0 Å². The maximum absolute atomic E-state index is 15.0. The lowest BCUT2D eigenvalue weighted by atomic mass is 9.45. The Kier molecular flexibility index (Phi) is 2.88. The highest BCUT2D eigenvalue weighted by Gasteiger charge is 2.64. The van der Waals surface area contributed by atoms with Crippen molar-refractivity contribution >= 4 is 5.97 Å². The predicted octanol–water partition coefficient (Wildman–Crippen LogP) is 4.19. The van der Waals surface area contributed by atoms with E-state index in [4.69, 9.17) is 4.74 Å². The summed E-state index contributed by atoms with van der Waals surface area (Å²) in [6.07, 6.45) is 5.17. The van der Waals surface area contributed by atoms with Crippen molar-refractivity contribution in [3.8, 4) is 0 Å². The van der Waals surface area contributed by atoms with Crippen molar-refractivity contribution in [2.45, 2.75) is 70.6 Å². The second-order valence-corrected chi connectivity index (χ2v) is 8.07. The molecule has 4 bridgehead atoms. The molecule has 4 rings (SSSR count). The number of halogens is 1.